The van der Waals surface area contributed by atoms with Gasteiger partial charge in [-0.2, -0.15) is 0 Å². The maximum absolute atomic E-state index is 11.6. The van der Waals surface area contributed by atoms with Gasteiger partial charge in [0.15, 0.2) is 0 Å². The highest BCUT2D eigenvalue weighted by atomic mass is 32.1. The van der Waals surface area contributed by atoms with Gasteiger partial charge < -0.3 is 10.1 Å². The lowest BCUT2D eigenvalue weighted by Gasteiger charge is -2.05. The average molecular weight is 269 g/mol. The average Bonchev–Trinajstić information content (AvgIpc) is 2.69. The Morgan fingerprint density at radius 1 is 1.39 bits per heavy atom. The van der Waals surface area contributed by atoms with E-state index in [1.165, 1.54) is 18.4 Å². The van der Waals surface area contributed by atoms with Crippen molar-refractivity contribution >= 4 is 34.0 Å². The van der Waals surface area contributed by atoms with Gasteiger partial charge >= 0.3 is 5.97 Å². The van der Waals surface area contributed by atoms with E-state index in [0.717, 1.165) is 5.56 Å². The minimum absolute atomic E-state index is 0.139. The molecule has 1 amide bonds. The lowest BCUT2D eigenvalue weighted by Crippen LogP contribution is -2.17. The highest BCUT2D eigenvalue weighted by molar-refractivity contribution is 7.15. The second-order valence-electron chi connectivity index (χ2n) is 3.73. The quantitative estimate of drug-likeness (QED) is 0.656. The van der Waals surface area contributed by atoms with Gasteiger partial charge in [-0.3, -0.25) is 9.59 Å². The van der Waals surface area contributed by atoms with Crippen molar-refractivity contribution in [1.29, 1.82) is 0 Å². The number of hydrogen-bond donors (Lipinski definition) is 1. The van der Waals surface area contributed by atoms with Crippen molar-refractivity contribution in [2.45, 2.75) is 26.7 Å². The number of rotatable bonds is 5. The summed E-state index contributed by atoms with van der Waals surface area (Å²) >= 11 is 1.24. The molecule has 0 aromatic carbocycles. The lowest BCUT2D eigenvalue weighted by atomic mass is 10.2. The van der Waals surface area contributed by atoms with Crippen molar-refractivity contribution in [3.8, 4) is 0 Å². The molecular formula is C12H15NO4S. The predicted molar refractivity (Wildman–Crippen MR) is 68.9 cm³/mol. The first kappa shape index (κ1) is 14.4. The Morgan fingerprint density at radius 2 is 2.06 bits per heavy atom. The summed E-state index contributed by atoms with van der Waals surface area (Å²) in [5, 5.41) is 4.75. The molecule has 1 aromatic heterocycles. The molecule has 0 aliphatic carbocycles. The third kappa shape index (κ3) is 3.40. The number of carbonyl (C=O) groups excluding carboxylic acids is 3. The second kappa shape index (κ2) is 6.30. The molecule has 0 aliphatic rings. The first-order valence-electron chi connectivity index (χ1n) is 5.47. The van der Waals surface area contributed by atoms with E-state index in [2.05, 4.69) is 10.1 Å². The summed E-state index contributed by atoms with van der Waals surface area (Å²) in [6, 6.07) is 0. The topological polar surface area (TPSA) is 72.5 Å². The number of anilines is 1. The van der Waals surface area contributed by atoms with Crippen LogP contribution in [-0.4, -0.2) is 24.8 Å². The van der Waals surface area contributed by atoms with Crippen LogP contribution in [-0.2, 0) is 14.3 Å². The van der Waals surface area contributed by atoms with Gasteiger partial charge in [-0.25, -0.2) is 4.79 Å². The van der Waals surface area contributed by atoms with Crippen LogP contribution >= 0.6 is 11.3 Å². The third-order valence-corrected chi connectivity index (χ3v) is 3.38. The van der Waals surface area contributed by atoms with E-state index in [0.29, 0.717) is 17.0 Å². The van der Waals surface area contributed by atoms with Gasteiger partial charge in [-0.1, -0.05) is 6.92 Å². The molecule has 6 heteroatoms. The Bertz CT molecular complexity index is 478. The Hall–Kier alpha value is -1.69. The van der Waals surface area contributed by atoms with Crippen LogP contribution in [0.5, 0.6) is 0 Å². The number of carbonyl (C=O) groups is 3. The molecule has 0 saturated carbocycles. The molecule has 0 fully saturated rings. The fraction of sp³-hybridized carbons (Fsp3) is 0.417. The third-order valence-electron chi connectivity index (χ3n) is 2.37. The number of aryl methyl sites for hydroxylation is 1. The summed E-state index contributed by atoms with van der Waals surface area (Å²) in [6.45, 7) is 3.46. The molecule has 1 aromatic rings. The van der Waals surface area contributed by atoms with Gasteiger partial charge in [0, 0.05) is 6.42 Å². The molecule has 18 heavy (non-hydrogen) atoms. The van der Waals surface area contributed by atoms with Crippen molar-refractivity contribution in [3.05, 3.63) is 16.5 Å². The minimum atomic E-state index is -0.495. The summed E-state index contributed by atoms with van der Waals surface area (Å²) in [5.74, 6) is -1.04. The van der Waals surface area contributed by atoms with Crippen LogP contribution < -0.4 is 5.32 Å². The van der Waals surface area contributed by atoms with Crippen LogP contribution in [0.3, 0.4) is 0 Å². The zero-order chi connectivity index (χ0) is 13.7. The number of Topliss-reactive ketones (excluding diaryl/α,β-unsaturated/α-hetero) is 1. The highest BCUT2D eigenvalue weighted by Gasteiger charge is 2.19. The largest absolute Gasteiger partial charge is 0.465 e. The van der Waals surface area contributed by atoms with E-state index in [1.54, 1.807) is 19.2 Å². The molecule has 5 nitrogen and oxygen atoms in total. The number of methoxy groups -OCH3 is 1. The van der Waals surface area contributed by atoms with Crippen LogP contribution in [0, 0.1) is 6.92 Å². The van der Waals surface area contributed by atoms with E-state index < -0.39 is 11.9 Å². The standard InChI is InChI=1S/C12H15NO4S/c1-4-8(14)5-9(15)13-11-10(12(16)17-3)7(2)6-18-11/h6H,4-5H2,1-3H3,(H,13,15). The van der Waals surface area contributed by atoms with Gasteiger partial charge in [0.2, 0.25) is 5.91 Å². The first-order chi connectivity index (χ1) is 8.49. The van der Waals surface area contributed by atoms with Crippen molar-refractivity contribution in [2.24, 2.45) is 0 Å². The van der Waals surface area contributed by atoms with Crippen LogP contribution in [0.1, 0.15) is 35.7 Å². The molecule has 0 atom stereocenters. The summed E-state index contributed by atoms with van der Waals surface area (Å²) in [4.78, 5) is 34.3. The van der Waals surface area contributed by atoms with Crippen molar-refractivity contribution in [2.75, 3.05) is 12.4 Å². The van der Waals surface area contributed by atoms with Gasteiger partial charge in [0.05, 0.1) is 19.1 Å². The molecule has 98 valence electrons. The van der Waals surface area contributed by atoms with Gasteiger partial charge in [-0.05, 0) is 17.9 Å². The van der Waals surface area contributed by atoms with Gasteiger partial charge in [-0.15, -0.1) is 11.3 Å². The van der Waals surface area contributed by atoms with Crippen molar-refractivity contribution < 1.29 is 19.1 Å². The van der Waals surface area contributed by atoms with Crippen LogP contribution in [0.15, 0.2) is 5.38 Å². The van der Waals surface area contributed by atoms with E-state index >= 15 is 0 Å². The molecule has 0 spiro atoms. The van der Waals surface area contributed by atoms with E-state index in [-0.39, 0.29) is 12.2 Å². The molecule has 1 rings (SSSR count). The monoisotopic (exact) mass is 269 g/mol. The maximum Gasteiger partial charge on any atom is 0.341 e. The van der Waals surface area contributed by atoms with E-state index in [9.17, 15) is 14.4 Å². The van der Waals surface area contributed by atoms with Crippen molar-refractivity contribution in [1.82, 2.24) is 0 Å². The van der Waals surface area contributed by atoms with E-state index in [1.807, 2.05) is 0 Å². The Balaban J connectivity index is 2.82. The molecule has 0 bridgehead atoms. The molecule has 0 saturated heterocycles. The summed E-state index contributed by atoms with van der Waals surface area (Å²) in [6.07, 6.45) is 0.148. The molecule has 1 N–H and O–H groups in total. The number of amides is 1. The van der Waals surface area contributed by atoms with Crippen molar-refractivity contribution in [3.63, 3.8) is 0 Å². The number of hydrogen-bond acceptors (Lipinski definition) is 5. The Morgan fingerprint density at radius 3 is 2.61 bits per heavy atom. The maximum atomic E-state index is 11.6. The fourth-order valence-electron chi connectivity index (χ4n) is 1.37. The minimum Gasteiger partial charge on any atom is -0.465 e. The van der Waals surface area contributed by atoms with E-state index in [4.69, 9.17) is 0 Å². The number of ether oxygens (including phenoxy) is 1. The molecular weight excluding hydrogens is 254 g/mol. The van der Waals surface area contributed by atoms with Crippen LogP contribution in [0.2, 0.25) is 0 Å². The molecule has 0 aliphatic heterocycles. The first-order valence-corrected chi connectivity index (χ1v) is 6.35. The highest BCUT2D eigenvalue weighted by Crippen LogP contribution is 2.28. The zero-order valence-electron chi connectivity index (χ0n) is 10.5. The number of esters is 1. The summed E-state index contributed by atoms with van der Waals surface area (Å²) in [7, 11) is 1.28. The normalized spacial score (nSPS) is 9.94. The van der Waals surface area contributed by atoms with Gasteiger partial charge in [0.1, 0.15) is 10.8 Å². The SMILES string of the molecule is CCC(=O)CC(=O)Nc1scc(C)c1C(=O)OC. The van der Waals surface area contributed by atoms with Crippen LogP contribution in [0.25, 0.3) is 0 Å². The molecule has 0 radical (unpaired) electrons. The number of ketones is 1. The summed E-state index contributed by atoms with van der Waals surface area (Å²) < 4.78 is 4.65. The number of nitrogens with one attached hydrogen (secondary N) is 1. The summed E-state index contributed by atoms with van der Waals surface area (Å²) in [5.41, 5.74) is 1.09. The zero-order valence-corrected chi connectivity index (χ0v) is 11.3. The molecule has 1 heterocycles. The predicted octanol–water partition coefficient (Wildman–Crippen LogP) is 2.15. The smallest absolute Gasteiger partial charge is 0.341 e. The number of thiophene rings is 1. The lowest BCUT2D eigenvalue weighted by molar-refractivity contribution is -0.125. The second-order valence-corrected chi connectivity index (χ2v) is 4.61. The molecule has 0 unspecified atom stereocenters. The fourth-order valence-corrected chi connectivity index (χ4v) is 2.31. The Labute approximate surface area is 109 Å². The van der Waals surface area contributed by atoms with Gasteiger partial charge in [0.25, 0.3) is 0 Å². The Kier molecular flexibility index (Phi) is 5.03. The van der Waals surface area contributed by atoms with Crippen LogP contribution in [0.4, 0.5) is 5.00 Å².